The fourth-order valence-corrected chi connectivity index (χ4v) is 3.47. The van der Waals surface area contributed by atoms with Crippen molar-refractivity contribution in [1.82, 2.24) is 0 Å². The molecule has 0 aromatic heterocycles. The van der Waals surface area contributed by atoms with Gasteiger partial charge in [0.25, 0.3) is 5.91 Å². The SMILES string of the molecule is COC(=O)c1cc(N2CCOCC2)ccc1NC(=O)c1cc(Cl)c(OC)c(OC)c1. The highest BCUT2D eigenvalue weighted by atomic mass is 35.5. The van der Waals surface area contributed by atoms with Gasteiger partial charge in [0, 0.05) is 24.3 Å². The van der Waals surface area contributed by atoms with Gasteiger partial charge in [-0.2, -0.15) is 0 Å². The van der Waals surface area contributed by atoms with Crippen LogP contribution < -0.4 is 19.7 Å². The number of anilines is 2. The zero-order valence-corrected chi connectivity index (χ0v) is 17.7. The van der Waals surface area contributed by atoms with Crippen LogP contribution in [0.4, 0.5) is 11.4 Å². The summed E-state index contributed by atoms with van der Waals surface area (Å²) in [5, 5.41) is 2.98. The van der Waals surface area contributed by atoms with Crippen LogP contribution in [0, 0.1) is 0 Å². The molecule has 1 fully saturated rings. The average Bonchev–Trinajstić information content (AvgIpc) is 2.78. The highest BCUT2D eigenvalue weighted by Crippen LogP contribution is 2.36. The van der Waals surface area contributed by atoms with Gasteiger partial charge in [0.05, 0.1) is 50.8 Å². The van der Waals surface area contributed by atoms with E-state index in [-0.39, 0.29) is 16.1 Å². The summed E-state index contributed by atoms with van der Waals surface area (Å²) >= 11 is 6.20. The van der Waals surface area contributed by atoms with Crippen molar-refractivity contribution in [2.75, 3.05) is 57.8 Å². The molecule has 1 aliphatic rings. The van der Waals surface area contributed by atoms with Crippen molar-refractivity contribution in [2.24, 2.45) is 0 Å². The molecule has 0 saturated carbocycles. The van der Waals surface area contributed by atoms with E-state index in [1.165, 1.54) is 33.5 Å². The van der Waals surface area contributed by atoms with Crippen molar-refractivity contribution in [2.45, 2.75) is 0 Å². The predicted octanol–water partition coefficient (Wildman–Crippen LogP) is 3.23. The van der Waals surface area contributed by atoms with Crippen LogP contribution in [0.1, 0.15) is 20.7 Å². The van der Waals surface area contributed by atoms with Crippen molar-refractivity contribution >= 4 is 34.9 Å². The number of carbonyl (C=O) groups excluding carboxylic acids is 2. The van der Waals surface area contributed by atoms with Gasteiger partial charge in [0.2, 0.25) is 0 Å². The maximum Gasteiger partial charge on any atom is 0.340 e. The molecule has 0 atom stereocenters. The number of hydrogen-bond acceptors (Lipinski definition) is 7. The van der Waals surface area contributed by atoms with E-state index in [9.17, 15) is 9.59 Å². The molecule has 2 aromatic carbocycles. The second kappa shape index (κ2) is 9.69. The Bertz CT molecular complexity index is 943. The molecule has 30 heavy (non-hydrogen) atoms. The molecule has 1 aliphatic heterocycles. The van der Waals surface area contributed by atoms with Gasteiger partial charge in [-0.05, 0) is 30.3 Å². The van der Waals surface area contributed by atoms with E-state index in [4.69, 9.17) is 30.5 Å². The molecule has 1 amide bonds. The number of methoxy groups -OCH3 is 3. The minimum atomic E-state index is -0.550. The molecular formula is C21H23ClN2O6. The summed E-state index contributed by atoms with van der Waals surface area (Å²) in [6.07, 6.45) is 0. The third kappa shape index (κ3) is 4.60. The summed E-state index contributed by atoms with van der Waals surface area (Å²) in [5.41, 5.74) is 1.69. The van der Waals surface area contributed by atoms with E-state index in [0.29, 0.717) is 30.4 Å². The third-order valence-electron chi connectivity index (χ3n) is 4.73. The minimum Gasteiger partial charge on any atom is -0.493 e. The zero-order valence-electron chi connectivity index (χ0n) is 17.0. The molecule has 0 bridgehead atoms. The van der Waals surface area contributed by atoms with E-state index in [1.54, 1.807) is 12.1 Å². The van der Waals surface area contributed by atoms with Crippen LogP contribution in [-0.2, 0) is 9.47 Å². The van der Waals surface area contributed by atoms with E-state index in [1.807, 2.05) is 6.07 Å². The minimum absolute atomic E-state index is 0.234. The molecule has 0 spiro atoms. The summed E-state index contributed by atoms with van der Waals surface area (Å²) < 4.78 is 20.7. The Morgan fingerprint density at radius 1 is 1.07 bits per heavy atom. The maximum atomic E-state index is 12.8. The van der Waals surface area contributed by atoms with E-state index in [0.717, 1.165) is 18.8 Å². The number of hydrogen-bond donors (Lipinski definition) is 1. The van der Waals surface area contributed by atoms with E-state index < -0.39 is 11.9 Å². The Balaban J connectivity index is 1.90. The molecule has 9 heteroatoms. The van der Waals surface area contributed by atoms with Gasteiger partial charge < -0.3 is 29.2 Å². The number of nitrogens with one attached hydrogen (secondary N) is 1. The fourth-order valence-electron chi connectivity index (χ4n) is 3.18. The van der Waals surface area contributed by atoms with Crippen LogP contribution >= 0.6 is 11.6 Å². The number of halogens is 1. The monoisotopic (exact) mass is 434 g/mol. The summed E-state index contributed by atoms with van der Waals surface area (Å²) in [6, 6.07) is 8.21. The largest absolute Gasteiger partial charge is 0.493 e. The number of amides is 1. The molecule has 1 N–H and O–H groups in total. The van der Waals surface area contributed by atoms with Crippen LogP contribution in [-0.4, -0.2) is 59.5 Å². The van der Waals surface area contributed by atoms with Crippen LogP contribution in [0.15, 0.2) is 30.3 Å². The smallest absolute Gasteiger partial charge is 0.340 e. The maximum absolute atomic E-state index is 12.8. The number of nitrogens with zero attached hydrogens (tertiary/aromatic N) is 1. The number of ether oxygens (including phenoxy) is 4. The zero-order chi connectivity index (χ0) is 21.7. The molecule has 160 valence electrons. The van der Waals surface area contributed by atoms with Crippen molar-refractivity contribution in [3.63, 3.8) is 0 Å². The van der Waals surface area contributed by atoms with Crippen molar-refractivity contribution in [3.05, 3.63) is 46.5 Å². The highest BCUT2D eigenvalue weighted by Gasteiger charge is 2.20. The van der Waals surface area contributed by atoms with E-state index >= 15 is 0 Å². The Hall–Kier alpha value is -2.97. The summed E-state index contributed by atoms with van der Waals surface area (Å²) in [7, 11) is 4.21. The predicted molar refractivity (Wildman–Crippen MR) is 113 cm³/mol. The second-order valence-electron chi connectivity index (χ2n) is 6.47. The van der Waals surface area contributed by atoms with Crippen LogP contribution in [0.3, 0.4) is 0 Å². The number of esters is 1. The number of carbonyl (C=O) groups is 2. The topological polar surface area (TPSA) is 86.3 Å². The number of rotatable bonds is 6. The van der Waals surface area contributed by atoms with Gasteiger partial charge in [0.15, 0.2) is 11.5 Å². The Morgan fingerprint density at radius 3 is 2.43 bits per heavy atom. The number of morpholine rings is 1. The molecule has 3 rings (SSSR count). The van der Waals surface area contributed by atoms with Gasteiger partial charge >= 0.3 is 5.97 Å². The lowest BCUT2D eigenvalue weighted by Gasteiger charge is -2.29. The summed E-state index contributed by atoms with van der Waals surface area (Å²) in [5.74, 6) is -0.347. The second-order valence-corrected chi connectivity index (χ2v) is 6.88. The van der Waals surface area contributed by atoms with Crippen LogP contribution in [0.25, 0.3) is 0 Å². The van der Waals surface area contributed by atoms with Crippen LogP contribution in [0.5, 0.6) is 11.5 Å². The standard InChI is InChI=1S/C21H23ClN2O6/c1-27-18-11-13(10-16(22)19(18)28-2)20(25)23-17-5-4-14(12-15(17)21(26)29-3)24-6-8-30-9-7-24/h4-5,10-12H,6-9H2,1-3H3,(H,23,25). The van der Waals surface area contributed by atoms with Gasteiger partial charge in [-0.1, -0.05) is 11.6 Å². The molecule has 0 unspecified atom stereocenters. The molecule has 1 heterocycles. The van der Waals surface area contributed by atoms with Crippen molar-refractivity contribution in [1.29, 1.82) is 0 Å². The first kappa shape index (κ1) is 21.7. The van der Waals surface area contributed by atoms with Gasteiger partial charge in [-0.25, -0.2) is 4.79 Å². The van der Waals surface area contributed by atoms with Gasteiger partial charge in [-0.15, -0.1) is 0 Å². The first-order chi connectivity index (χ1) is 14.5. The fraction of sp³-hybridized carbons (Fsp3) is 0.333. The molecule has 0 radical (unpaired) electrons. The third-order valence-corrected chi connectivity index (χ3v) is 5.01. The first-order valence-electron chi connectivity index (χ1n) is 9.26. The lowest BCUT2D eigenvalue weighted by molar-refractivity contribution is 0.0602. The lowest BCUT2D eigenvalue weighted by Crippen LogP contribution is -2.36. The van der Waals surface area contributed by atoms with Crippen molar-refractivity contribution < 1.29 is 28.5 Å². The summed E-state index contributed by atoms with van der Waals surface area (Å²) in [4.78, 5) is 27.3. The molecule has 0 aliphatic carbocycles. The highest BCUT2D eigenvalue weighted by molar-refractivity contribution is 6.32. The quantitative estimate of drug-likeness (QED) is 0.698. The average molecular weight is 435 g/mol. The molecule has 1 saturated heterocycles. The number of benzene rings is 2. The van der Waals surface area contributed by atoms with Gasteiger partial charge in [0.1, 0.15) is 0 Å². The van der Waals surface area contributed by atoms with E-state index in [2.05, 4.69) is 10.2 Å². The molecule has 2 aromatic rings. The summed E-state index contributed by atoms with van der Waals surface area (Å²) in [6.45, 7) is 2.67. The lowest BCUT2D eigenvalue weighted by atomic mass is 10.1. The van der Waals surface area contributed by atoms with Gasteiger partial charge in [-0.3, -0.25) is 4.79 Å². The Morgan fingerprint density at radius 2 is 1.80 bits per heavy atom. The first-order valence-corrected chi connectivity index (χ1v) is 9.64. The molecular weight excluding hydrogens is 412 g/mol. The normalized spacial score (nSPS) is 13.5. The molecule has 8 nitrogen and oxygen atoms in total. The van der Waals surface area contributed by atoms with Crippen LogP contribution in [0.2, 0.25) is 5.02 Å². The van der Waals surface area contributed by atoms with Crippen molar-refractivity contribution in [3.8, 4) is 11.5 Å². The Labute approximate surface area is 179 Å². The Kier molecular flexibility index (Phi) is 7.02.